The molecule has 0 saturated carbocycles. The highest BCUT2D eigenvalue weighted by atomic mass is 32.2. The summed E-state index contributed by atoms with van der Waals surface area (Å²) in [6.07, 6.45) is 5.82. The Labute approximate surface area is 119 Å². The summed E-state index contributed by atoms with van der Waals surface area (Å²) in [5.41, 5.74) is 1.34. The number of carbonyl (C=O) groups is 1. The summed E-state index contributed by atoms with van der Waals surface area (Å²) in [5.74, 6) is 0.264. The van der Waals surface area contributed by atoms with Gasteiger partial charge in [-0.2, -0.15) is 9.98 Å². The molecule has 6 heteroatoms. The van der Waals surface area contributed by atoms with E-state index in [1.165, 1.54) is 0 Å². The number of aromatic nitrogens is 2. The predicted octanol–water partition coefficient (Wildman–Crippen LogP) is 1.27. The molecule has 1 aromatic heterocycles. The number of nitrogens with one attached hydrogen (secondary N) is 1. The van der Waals surface area contributed by atoms with Crippen molar-refractivity contribution in [1.82, 2.24) is 9.97 Å². The van der Waals surface area contributed by atoms with Crippen molar-refractivity contribution in [3.63, 3.8) is 0 Å². The average Bonchev–Trinajstić information content (AvgIpc) is 2.47. The van der Waals surface area contributed by atoms with Gasteiger partial charge in [0.05, 0.1) is 0 Å². The molecule has 100 valence electrons. The molecule has 2 aromatic rings. The van der Waals surface area contributed by atoms with Gasteiger partial charge in [-0.1, -0.05) is 12.1 Å². The number of rotatable bonds is 3. The standard InChI is InChI=1S/C14H12N4OS/c1-20-11-4-2-3-10(7-11)16-14-15-8-9-5-6-12(19)17-13(9)18-14/h2-5,7-8H,6H2,1H3,(H,16,17,18,19). The Bertz CT molecular complexity index is 788. The number of hydrogen-bond acceptors (Lipinski definition) is 5. The number of carbonyl (C=O) groups excluding carboxylic acids is 1. The Hall–Kier alpha value is -2.21. The minimum absolute atomic E-state index is 0.175. The molecule has 2 heterocycles. The van der Waals surface area contributed by atoms with Gasteiger partial charge in [0.2, 0.25) is 5.95 Å². The minimum atomic E-state index is -0.175. The smallest absolute Gasteiger partial charge is 0.251 e. The first-order valence-corrected chi connectivity index (χ1v) is 7.33. The van der Waals surface area contributed by atoms with Crippen LogP contribution in [0.2, 0.25) is 0 Å². The van der Waals surface area contributed by atoms with E-state index in [2.05, 4.69) is 20.3 Å². The molecule has 1 aliphatic rings. The topological polar surface area (TPSA) is 67.2 Å². The van der Waals surface area contributed by atoms with Gasteiger partial charge in [0, 0.05) is 28.4 Å². The molecule has 0 spiro atoms. The number of nitrogens with zero attached hydrogens (tertiary/aromatic N) is 3. The molecule has 1 amide bonds. The van der Waals surface area contributed by atoms with E-state index in [1.807, 2.05) is 30.5 Å². The molecule has 0 bridgehead atoms. The van der Waals surface area contributed by atoms with Crippen molar-refractivity contribution in [1.29, 1.82) is 0 Å². The summed E-state index contributed by atoms with van der Waals surface area (Å²) in [6, 6.07) is 7.96. The monoisotopic (exact) mass is 284 g/mol. The van der Waals surface area contributed by atoms with Crippen LogP contribution >= 0.6 is 11.8 Å². The molecule has 5 nitrogen and oxygen atoms in total. The molecular formula is C14H12N4OS. The molecule has 1 aromatic carbocycles. The predicted molar refractivity (Wildman–Crippen MR) is 78.4 cm³/mol. The number of amides is 1. The summed E-state index contributed by atoms with van der Waals surface area (Å²) < 4.78 is 0. The Morgan fingerprint density at radius 3 is 3.10 bits per heavy atom. The van der Waals surface area contributed by atoms with E-state index >= 15 is 0 Å². The number of hydrogen-bond donors (Lipinski definition) is 1. The van der Waals surface area contributed by atoms with Crippen LogP contribution in [0.15, 0.2) is 40.4 Å². The van der Waals surface area contributed by atoms with E-state index in [4.69, 9.17) is 0 Å². The number of thioether (sulfide) groups is 1. The normalized spacial score (nSPS) is 13.2. The molecule has 20 heavy (non-hydrogen) atoms. The van der Waals surface area contributed by atoms with E-state index in [0.29, 0.717) is 17.9 Å². The third kappa shape index (κ3) is 2.70. The number of anilines is 2. The Morgan fingerprint density at radius 2 is 2.25 bits per heavy atom. The first-order chi connectivity index (χ1) is 9.74. The van der Waals surface area contributed by atoms with Crippen molar-refractivity contribution < 1.29 is 4.79 Å². The third-order valence-electron chi connectivity index (χ3n) is 2.85. The zero-order chi connectivity index (χ0) is 13.9. The van der Waals surface area contributed by atoms with Crippen LogP contribution < -0.4 is 16.0 Å². The van der Waals surface area contributed by atoms with Crippen molar-refractivity contribution in [2.75, 3.05) is 11.6 Å². The maximum atomic E-state index is 11.3. The summed E-state index contributed by atoms with van der Waals surface area (Å²) in [7, 11) is 0. The molecule has 0 atom stereocenters. The second-order valence-corrected chi connectivity index (χ2v) is 5.12. The van der Waals surface area contributed by atoms with Gasteiger partial charge in [-0.3, -0.25) is 4.79 Å². The van der Waals surface area contributed by atoms with Gasteiger partial charge in [-0.25, -0.2) is 4.98 Å². The molecule has 0 radical (unpaired) electrons. The lowest BCUT2D eigenvalue weighted by Gasteiger charge is -2.06. The quantitative estimate of drug-likeness (QED) is 0.860. The molecule has 1 N–H and O–H groups in total. The third-order valence-corrected chi connectivity index (χ3v) is 3.57. The summed E-state index contributed by atoms with van der Waals surface area (Å²) in [6.45, 7) is 0. The van der Waals surface area contributed by atoms with Gasteiger partial charge in [0.1, 0.15) is 0 Å². The largest absolute Gasteiger partial charge is 0.324 e. The van der Waals surface area contributed by atoms with Gasteiger partial charge >= 0.3 is 0 Å². The molecule has 0 saturated heterocycles. The molecule has 3 rings (SSSR count). The highest BCUT2D eigenvalue weighted by Crippen LogP contribution is 2.20. The Balaban J connectivity index is 1.94. The van der Waals surface area contributed by atoms with E-state index in [0.717, 1.165) is 15.8 Å². The fourth-order valence-electron chi connectivity index (χ4n) is 1.87. The fourth-order valence-corrected chi connectivity index (χ4v) is 2.33. The Kier molecular flexibility index (Phi) is 3.47. The fraction of sp³-hybridized carbons (Fsp3) is 0.143. The van der Waals surface area contributed by atoms with Gasteiger partial charge in [-0.05, 0) is 24.5 Å². The first-order valence-electron chi connectivity index (χ1n) is 6.10. The first kappa shape index (κ1) is 12.8. The van der Waals surface area contributed by atoms with E-state index < -0.39 is 0 Å². The molecule has 0 aliphatic carbocycles. The van der Waals surface area contributed by atoms with Crippen LogP contribution in [0.3, 0.4) is 0 Å². The number of fused-ring (bicyclic) bond motifs is 1. The van der Waals surface area contributed by atoms with Crippen LogP contribution in [0.5, 0.6) is 0 Å². The lowest BCUT2D eigenvalue weighted by Crippen LogP contribution is -2.33. The lowest BCUT2D eigenvalue weighted by atomic mass is 10.3. The Morgan fingerprint density at radius 1 is 1.35 bits per heavy atom. The molecule has 0 fully saturated rings. The number of benzene rings is 1. The average molecular weight is 284 g/mol. The molecule has 1 aliphatic heterocycles. The van der Waals surface area contributed by atoms with Crippen molar-refractivity contribution >= 4 is 35.4 Å². The molecular weight excluding hydrogens is 272 g/mol. The highest BCUT2D eigenvalue weighted by Gasteiger charge is 2.06. The minimum Gasteiger partial charge on any atom is -0.324 e. The van der Waals surface area contributed by atoms with Crippen molar-refractivity contribution in [2.24, 2.45) is 4.99 Å². The van der Waals surface area contributed by atoms with Crippen LogP contribution in [0.4, 0.5) is 11.6 Å². The van der Waals surface area contributed by atoms with E-state index in [1.54, 1.807) is 24.0 Å². The summed E-state index contributed by atoms with van der Waals surface area (Å²) in [4.78, 5) is 24.9. The maximum absolute atomic E-state index is 11.3. The van der Waals surface area contributed by atoms with Crippen LogP contribution in [0.25, 0.3) is 6.08 Å². The summed E-state index contributed by atoms with van der Waals surface area (Å²) >= 11 is 1.67. The summed E-state index contributed by atoms with van der Waals surface area (Å²) in [5, 5.41) is 3.92. The second kappa shape index (κ2) is 5.42. The SMILES string of the molecule is CSc1cccc(Nc2ncc3c(n2)=NC(=O)CC=3)c1. The van der Waals surface area contributed by atoms with Crippen LogP contribution in [-0.2, 0) is 4.79 Å². The van der Waals surface area contributed by atoms with Crippen LogP contribution in [-0.4, -0.2) is 22.1 Å². The zero-order valence-electron chi connectivity index (χ0n) is 10.8. The highest BCUT2D eigenvalue weighted by molar-refractivity contribution is 7.98. The van der Waals surface area contributed by atoms with Crippen molar-refractivity contribution in [3.05, 3.63) is 41.2 Å². The van der Waals surface area contributed by atoms with Crippen molar-refractivity contribution in [2.45, 2.75) is 11.3 Å². The van der Waals surface area contributed by atoms with Gasteiger partial charge in [0.15, 0.2) is 5.49 Å². The second-order valence-electron chi connectivity index (χ2n) is 4.24. The van der Waals surface area contributed by atoms with Crippen LogP contribution in [0, 0.1) is 0 Å². The van der Waals surface area contributed by atoms with E-state index in [9.17, 15) is 4.79 Å². The zero-order valence-corrected chi connectivity index (χ0v) is 11.6. The molecule has 0 unspecified atom stereocenters. The van der Waals surface area contributed by atoms with Crippen LogP contribution in [0.1, 0.15) is 6.42 Å². The maximum Gasteiger partial charge on any atom is 0.251 e. The van der Waals surface area contributed by atoms with Gasteiger partial charge in [-0.15, -0.1) is 11.8 Å². The lowest BCUT2D eigenvalue weighted by molar-refractivity contribution is -0.117. The van der Waals surface area contributed by atoms with Crippen molar-refractivity contribution in [3.8, 4) is 0 Å². The van der Waals surface area contributed by atoms with Gasteiger partial charge < -0.3 is 5.32 Å². The van der Waals surface area contributed by atoms with Gasteiger partial charge in [0.25, 0.3) is 5.91 Å². The van der Waals surface area contributed by atoms with E-state index in [-0.39, 0.29) is 5.91 Å².